The van der Waals surface area contributed by atoms with Gasteiger partial charge in [0.2, 0.25) is 0 Å². The Bertz CT molecular complexity index is 725. The normalized spacial score (nSPS) is 35.6. The van der Waals surface area contributed by atoms with Crippen LogP contribution in [-0.4, -0.2) is 18.5 Å². The maximum Gasteiger partial charge on any atom is 0.312 e. The summed E-state index contributed by atoms with van der Waals surface area (Å²) in [7, 11) is 0. The average molecular weight is 341 g/mol. The van der Waals surface area contributed by atoms with E-state index in [4.69, 9.17) is 10.5 Å². The third kappa shape index (κ3) is 2.66. The van der Waals surface area contributed by atoms with Gasteiger partial charge < -0.3 is 10.5 Å². The van der Waals surface area contributed by atoms with Crippen LogP contribution in [0.15, 0.2) is 18.2 Å². The summed E-state index contributed by atoms with van der Waals surface area (Å²) in [6.07, 6.45) is 6.26. The SMILES string of the molecule is Cc1ccc(C23CC4CC(CC(C(=O)OCC(N)=O)(C4)C2)C3)cc1C. The summed E-state index contributed by atoms with van der Waals surface area (Å²) >= 11 is 0. The fraction of sp³-hybridized carbons (Fsp3) is 0.619. The number of benzene rings is 1. The summed E-state index contributed by atoms with van der Waals surface area (Å²) in [5.74, 6) is 0.392. The van der Waals surface area contributed by atoms with E-state index < -0.39 is 11.3 Å². The first kappa shape index (κ1) is 16.6. The predicted octanol–water partition coefficient (Wildman–Crippen LogP) is 3.17. The molecule has 0 aromatic heterocycles. The second kappa shape index (κ2) is 5.58. The molecule has 0 saturated heterocycles. The van der Waals surface area contributed by atoms with Crippen molar-refractivity contribution in [3.8, 4) is 0 Å². The zero-order valence-corrected chi connectivity index (χ0v) is 15.1. The van der Waals surface area contributed by atoms with Gasteiger partial charge in [-0.3, -0.25) is 9.59 Å². The highest BCUT2D eigenvalue weighted by Crippen LogP contribution is 2.66. The molecule has 1 amide bonds. The number of hydrogen-bond donors (Lipinski definition) is 1. The second-order valence-electron chi connectivity index (χ2n) is 8.86. The highest BCUT2D eigenvalue weighted by molar-refractivity contribution is 5.82. The number of amides is 1. The van der Waals surface area contributed by atoms with Crippen LogP contribution in [0.4, 0.5) is 0 Å². The van der Waals surface area contributed by atoms with Crippen LogP contribution in [-0.2, 0) is 19.7 Å². The van der Waals surface area contributed by atoms with Gasteiger partial charge in [-0.1, -0.05) is 18.2 Å². The Kier molecular flexibility index (Phi) is 3.71. The molecule has 4 heteroatoms. The number of carbonyl (C=O) groups excluding carboxylic acids is 2. The molecule has 0 spiro atoms. The highest BCUT2D eigenvalue weighted by atomic mass is 16.5. The molecule has 0 radical (unpaired) electrons. The zero-order chi connectivity index (χ0) is 17.8. The minimum absolute atomic E-state index is 0.0916. The van der Waals surface area contributed by atoms with Crippen LogP contribution in [0.25, 0.3) is 0 Å². The Morgan fingerprint density at radius 2 is 1.80 bits per heavy atom. The summed E-state index contributed by atoms with van der Waals surface area (Å²) in [5, 5.41) is 0. The Morgan fingerprint density at radius 1 is 1.12 bits per heavy atom. The summed E-state index contributed by atoms with van der Waals surface area (Å²) < 4.78 is 5.30. The highest BCUT2D eigenvalue weighted by Gasteiger charge is 2.61. The maximum absolute atomic E-state index is 12.9. The van der Waals surface area contributed by atoms with Crippen LogP contribution < -0.4 is 5.73 Å². The van der Waals surface area contributed by atoms with E-state index in [1.807, 2.05) is 0 Å². The number of carbonyl (C=O) groups is 2. The van der Waals surface area contributed by atoms with Gasteiger partial charge in [0.05, 0.1) is 5.41 Å². The molecule has 4 fully saturated rings. The Labute approximate surface area is 149 Å². The van der Waals surface area contributed by atoms with Gasteiger partial charge in [-0.05, 0) is 86.3 Å². The van der Waals surface area contributed by atoms with Crippen molar-refractivity contribution in [2.24, 2.45) is 23.0 Å². The van der Waals surface area contributed by atoms with Crippen molar-refractivity contribution in [2.75, 3.05) is 6.61 Å². The average Bonchev–Trinajstić information content (AvgIpc) is 2.53. The monoisotopic (exact) mass is 341 g/mol. The molecule has 0 heterocycles. The number of rotatable bonds is 4. The smallest absolute Gasteiger partial charge is 0.312 e. The predicted molar refractivity (Wildman–Crippen MR) is 94.9 cm³/mol. The molecule has 2 N–H and O–H groups in total. The summed E-state index contributed by atoms with van der Waals surface area (Å²) in [6, 6.07) is 6.80. The fourth-order valence-electron chi connectivity index (χ4n) is 6.20. The van der Waals surface area contributed by atoms with Crippen molar-refractivity contribution in [3.63, 3.8) is 0 Å². The third-order valence-corrected chi connectivity index (χ3v) is 6.96. The van der Waals surface area contributed by atoms with Gasteiger partial charge in [-0.25, -0.2) is 0 Å². The number of hydrogen-bond acceptors (Lipinski definition) is 3. The van der Waals surface area contributed by atoms with Crippen LogP contribution in [0.5, 0.6) is 0 Å². The number of aryl methyl sites for hydroxylation is 2. The Morgan fingerprint density at radius 3 is 2.40 bits per heavy atom. The number of esters is 1. The van der Waals surface area contributed by atoms with Crippen LogP contribution >= 0.6 is 0 Å². The van der Waals surface area contributed by atoms with Crippen molar-refractivity contribution in [3.05, 3.63) is 34.9 Å². The molecule has 2 unspecified atom stereocenters. The van der Waals surface area contributed by atoms with Crippen molar-refractivity contribution in [2.45, 2.75) is 57.8 Å². The van der Waals surface area contributed by atoms with E-state index in [2.05, 4.69) is 32.0 Å². The first-order chi connectivity index (χ1) is 11.8. The minimum atomic E-state index is -0.582. The van der Waals surface area contributed by atoms with Gasteiger partial charge in [0.15, 0.2) is 6.61 Å². The van der Waals surface area contributed by atoms with E-state index in [1.54, 1.807) is 0 Å². The maximum atomic E-state index is 12.9. The first-order valence-electron chi connectivity index (χ1n) is 9.35. The van der Waals surface area contributed by atoms with Gasteiger partial charge >= 0.3 is 5.97 Å². The Hall–Kier alpha value is -1.84. The number of ether oxygens (including phenoxy) is 1. The van der Waals surface area contributed by atoms with Crippen LogP contribution in [0.1, 0.15) is 55.2 Å². The van der Waals surface area contributed by atoms with Crippen molar-refractivity contribution in [1.29, 1.82) is 0 Å². The van der Waals surface area contributed by atoms with E-state index in [0.29, 0.717) is 11.8 Å². The zero-order valence-electron chi connectivity index (χ0n) is 15.1. The molecule has 0 aliphatic heterocycles. The lowest BCUT2D eigenvalue weighted by Crippen LogP contribution is -2.57. The molecule has 2 atom stereocenters. The third-order valence-electron chi connectivity index (χ3n) is 6.96. The summed E-state index contributed by atoms with van der Waals surface area (Å²) in [6.45, 7) is 4.00. The molecule has 5 rings (SSSR count). The van der Waals surface area contributed by atoms with E-state index >= 15 is 0 Å². The molecule has 4 saturated carbocycles. The Balaban J connectivity index is 1.68. The standard InChI is InChI=1S/C21H27NO3/c1-13-3-4-17(5-14(13)2)20-7-15-6-16(8-20)10-21(9-15,12-20)19(24)25-11-18(22)23/h3-5,15-16H,6-12H2,1-2H3,(H2,22,23). The largest absolute Gasteiger partial charge is 0.455 e. The minimum Gasteiger partial charge on any atom is -0.455 e. The van der Waals surface area contributed by atoms with E-state index in [9.17, 15) is 9.59 Å². The van der Waals surface area contributed by atoms with Gasteiger partial charge in [-0.2, -0.15) is 0 Å². The van der Waals surface area contributed by atoms with Crippen LogP contribution in [0, 0.1) is 31.1 Å². The van der Waals surface area contributed by atoms with E-state index in [1.165, 1.54) is 36.0 Å². The molecule has 4 nitrogen and oxygen atoms in total. The molecule has 25 heavy (non-hydrogen) atoms. The van der Waals surface area contributed by atoms with Crippen LogP contribution in [0.3, 0.4) is 0 Å². The molecule has 4 aliphatic carbocycles. The van der Waals surface area contributed by atoms with Gasteiger partial charge in [-0.15, -0.1) is 0 Å². The van der Waals surface area contributed by atoms with Gasteiger partial charge in [0.25, 0.3) is 5.91 Å². The quantitative estimate of drug-likeness (QED) is 0.855. The van der Waals surface area contributed by atoms with E-state index in [0.717, 1.165) is 19.3 Å². The fourth-order valence-corrected chi connectivity index (χ4v) is 6.20. The number of nitrogens with two attached hydrogens (primary N) is 1. The molecule has 1 aromatic rings. The lowest BCUT2D eigenvalue weighted by atomic mass is 9.43. The molecular formula is C21H27NO3. The summed E-state index contributed by atoms with van der Waals surface area (Å²) in [5.41, 5.74) is 8.85. The van der Waals surface area contributed by atoms with Crippen LogP contribution in [0.2, 0.25) is 0 Å². The number of primary amides is 1. The van der Waals surface area contributed by atoms with Gasteiger partial charge in [0.1, 0.15) is 0 Å². The lowest BCUT2D eigenvalue weighted by molar-refractivity contribution is -0.175. The second-order valence-corrected chi connectivity index (χ2v) is 8.86. The van der Waals surface area contributed by atoms with Crippen molar-refractivity contribution in [1.82, 2.24) is 0 Å². The lowest BCUT2D eigenvalue weighted by Gasteiger charge is -2.61. The molecule has 4 aliphatic rings. The van der Waals surface area contributed by atoms with Crippen molar-refractivity contribution >= 4 is 11.9 Å². The molecule has 134 valence electrons. The molecule has 1 aromatic carbocycles. The van der Waals surface area contributed by atoms with Gasteiger partial charge in [0, 0.05) is 0 Å². The molecule has 4 bridgehead atoms. The summed E-state index contributed by atoms with van der Waals surface area (Å²) in [4.78, 5) is 23.9. The van der Waals surface area contributed by atoms with E-state index in [-0.39, 0.29) is 18.0 Å². The first-order valence-corrected chi connectivity index (χ1v) is 9.35. The molecular weight excluding hydrogens is 314 g/mol. The van der Waals surface area contributed by atoms with Crippen molar-refractivity contribution < 1.29 is 14.3 Å². The topological polar surface area (TPSA) is 69.4 Å².